The highest BCUT2D eigenvalue weighted by Gasteiger charge is 2.43. The van der Waals surface area contributed by atoms with Gasteiger partial charge in [-0.1, -0.05) is 17.7 Å². The Morgan fingerprint density at radius 3 is 2.90 bits per heavy atom. The van der Waals surface area contributed by atoms with Crippen molar-refractivity contribution in [3.05, 3.63) is 28.8 Å². The Morgan fingerprint density at radius 1 is 1.43 bits per heavy atom. The highest BCUT2D eigenvalue weighted by atomic mass is 35.5. The van der Waals surface area contributed by atoms with Crippen LogP contribution in [0.25, 0.3) is 0 Å². The average molecular weight is 307 g/mol. The second-order valence-corrected chi connectivity index (χ2v) is 6.24. The maximum atomic E-state index is 8.80. The molecule has 0 N–H and O–H groups in total. The fraction of sp³-hybridized carbons (Fsp3) is 0.562. The van der Waals surface area contributed by atoms with Gasteiger partial charge in [0.05, 0.1) is 19.2 Å². The van der Waals surface area contributed by atoms with E-state index in [1.165, 1.54) is 0 Å². The van der Waals surface area contributed by atoms with Gasteiger partial charge < -0.3 is 9.47 Å². The van der Waals surface area contributed by atoms with Gasteiger partial charge in [-0.15, -0.1) is 0 Å². The number of halogens is 1. The summed E-state index contributed by atoms with van der Waals surface area (Å²) in [4.78, 5) is 2.16. The van der Waals surface area contributed by atoms with E-state index in [0.717, 1.165) is 37.2 Å². The molecule has 2 aliphatic rings. The van der Waals surface area contributed by atoms with Gasteiger partial charge in [-0.05, 0) is 31.9 Å². The van der Waals surface area contributed by atoms with Crippen LogP contribution in [0.5, 0.6) is 5.75 Å². The third kappa shape index (κ3) is 2.87. The third-order valence-electron chi connectivity index (χ3n) is 4.59. The van der Waals surface area contributed by atoms with Crippen molar-refractivity contribution < 1.29 is 9.47 Å². The van der Waals surface area contributed by atoms with E-state index >= 15 is 0 Å². The van der Waals surface area contributed by atoms with Crippen molar-refractivity contribution in [3.63, 3.8) is 0 Å². The number of ether oxygens (including phenoxy) is 2. The van der Waals surface area contributed by atoms with E-state index in [4.69, 9.17) is 26.3 Å². The molecule has 1 atom stereocenters. The first-order valence-electron chi connectivity index (χ1n) is 7.31. The summed E-state index contributed by atoms with van der Waals surface area (Å²) < 4.78 is 12.4. The van der Waals surface area contributed by atoms with Crippen LogP contribution in [-0.4, -0.2) is 36.2 Å². The van der Waals surface area contributed by atoms with Crippen LogP contribution < -0.4 is 4.74 Å². The molecule has 1 aromatic rings. The van der Waals surface area contributed by atoms with E-state index in [0.29, 0.717) is 18.2 Å². The predicted molar refractivity (Wildman–Crippen MR) is 80.3 cm³/mol. The standard InChI is InChI=1S/C16H19ClN2O2/c1-12-16(4-7-19(8-5-16)9-6-18)20-11-13-2-3-14(17)10-15(13)21-12/h2-3,10,12H,4-5,7-9,11H2,1H3. The Bertz CT molecular complexity index is 562. The molecule has 2 aliphatic heterocycles. The van der Waals surface area contributed by atoms with E-state index in [1.54, 1.807) is 0 Å². The number of hydrogen-bond acceptors (Lipinski definition) is 4. The lowest BCUT2D eigenvalue weighted by atomic mass is 9.86. The molecule has 0 aliphatic carbocycles. The monoisotopic (exact) mass is 306 g/mol. The SMILES string of the molecule is CC1Oc2cc(Cl)ccc2COC12CCN(CC#N)CC2. The van der Waals surface area contributed by atoms with E-state index in [1.807, 2.05) is 18.2 Å². The molecule has 0 radical (unpaired) electrons. The molecule has 112 valence electrons. The molecule has 4 nitrogen and oxygen atoms in total. The zero-order valence-corrected chi connectivity index (χ0v) is 12.9. The third-order valence-corrected chi connectivity index (χ3v) is 4.82. The van der Waals surface area contributed by atoms with Gasteiger partial charge in [0, 0.05) is 23.7 Å². The first-order valence-corrected chi connectivity index (χ1v) is 7.69. The van der Waals surface area contributed by atoms with Crippen LogP contribution in [0.1, 0.15) is 25.3 Å². The minimum Gasteiger partial charge on any atom is -0.487 e. The highest BCUT2D eigenvalue weighted by Crippen LogP contribution is 2.38. The molecule has 1 aromatic carbocycles. The van der Waals surface area contributed by atoms with Gasteiger partial charge in [-0.2, -0.15) is 5.26 Å². The molecule has 0 bridgehead atoms. The molecule has 2 heterocycles. The number of nitrogens with zero attached hydrogens (tertiary/aromatic N) is 2. The summed E-state index contributed by atoms with van der Waals surface area (Å²) in [6, 6.07) is 7.91. The molecular formula is C16H19ClN2O2. The molecule has 3 rings (SSSR count). The van der Waals surface area contributed by atoms with Gasteiger partial charge in [0.15, 0.2) is 0 Å². The molecule has 21 heavy (non-hydrogen) atoms. The zero-order chi connectivity index (χ0) is 14.9. The molecule has 0 saturated carbocycles. The fourth-order valence-corrected chi connectivity index (χ4v) is 3.30. The van der Waals surface area contributed by atoms with Gasteiger partial charge in [0.1, 0.15) is 17.5 Å². The normalized spacial score (nSPS) is 24.7. The Morgan fingerprint density at radius 2 is 2.19 bits per heavy atom. The first kappa shape index (κ1) is 14.6. The fourth-order valence-electron chi connectivity index (χ4n) is 3.13. The van der Waals surface area contributed by atoms with E-state index < -0.39 is 0 Å². The van der Waals surface area contributed by atoms with Crippen LogP contribution in [0.4, 0.5) is 0 Å². The average Bonchev–Trinajstić information content (AvgIpc) is 2.60. The van der Waals surface area contributed by atoms with Crippen LogP contribution in [0.3, 0.4) is 0 Å². The van der Waals surface area contributed by atoms with Crippen molar-refractivity contribution in [2.24, 2.45) is 0 Å². The summed E-state index contributed by atoms with van der Waals surface area (Å²) >= 11 is 6.05. The summed E-state index contributed by atoms with van der Waals surface area (Å²) in [5.41, 5.74) is 0.778. The van der Waals surface area contributed by atoms with Gasteiger partial charge in [-0.3, -0.25) is 4.90 Å². The van der Waals surface area contributed by atoms with Gasteiger partial charge >= 0.3 is 0 Å². The summed E-state index contributed by atoms with van der Waals surface area (Å²) in [5, 5.41) is 9.48. The molecule has 5 heteroatoms. The Balaban J connectivity index is 1.77. The second kappa shape index (κ2) is 5.84. The topological polar surface area (TPSA) is 45.5 Å². The van der Waals surface area contributed by atoms with E-state index in [-0.39, 0.29) is 11.7 Å². The molecule has 0 amide bonds. The minimum absolute atomic E-state index is 0.0264. The highest BCUT2D eigenvalue weighted by molar-refractivity contribution is 6.30. The summed E-state index contributed by atoms with van der Waals surface area (Å²) in [6.07, 6.45) is 1.75. The number of likely N-dealkylation sites (tertiary alicyclic amines) is 1. The second-order valence-electron chi connectivity index (χ2n) is 5.80. The van der Waals surface area contributed by atoms with Gasteiger partial charge in [0.2, 0.25) is 0 Å². The largest absolute Gasteiger partial charge is 0.487 e. The number of nitriles is 1. The van der Waals surface area contributed by atoms with Crippen molar-refractivity contribution in [3.8, 4) is 11.8 Å². The first-order chi connectivity index (χ1) is 10.1. The minimum atomic E-state index is -0.266. The summed E-state index contributed by atoms with van der Waals surface area (Å²) in [7, 11) is 0. The Hall–Kier alpha value is -1.28. The lowest BCUT2D eigenvalue weighted by Gasteiger charge is -2.43. The molecular weight excluding hydrogens is 288 g/mol. The number of piperidine rings is 1. The maximum absolute atomic E-state index is 8.80. The summed E-state index contributed by atoms with van der Waals surface area (Å²) in [5.74, 6) is 0.825. The zero-order valence-electron chi connectivity index (χ0n) is 12.1. The van der Waals surface area contributed by atoms with Crippen LogP contribution in [0.2, 0.25) is 5.02 Å². The molecule has 1 unspecified atom stereocenters. The van der Waals surface area contributed by atoms with Crippen molar-refractivity contribution in [2.45, 2.75) is 38.1 Å². The van der Waals surface area contributed by atoms with Crippen LogP contribution in [0, 0.1) is 11.3 Å². The number of fused-ring (bicyclic) bond motifs is 1. The molecule has 1 spiro atoms. The van der Waals surface area contributed by atoms with Crippen LogP contribution >= 0.6 is 11.6 Å². The number of benzene rings is 1. The number of rotatable bonds is 1. The van der Waals surface area contributed by atoms with Crippen molar-refractivity contribution in [1.82, 2.24) is 4.90 Å². The molecule has 1 fully saturated rings. The van der Waals surface area contributed by atoms with Gasteiger partial charge in [-0.25, -0.2) is 0 Å². The van der Waals surface area contributed by atoms with Crippen LogP contribution in [0.15, 0.2) is 18.2 Å². The van der Waals surface area contributed by atoms with Crippen molar-refractivity contribution >= 4 is 11.6 Å². The smallest absolute Gasteiger partial charge is 0.126 e. The summed E-state index contributed by atoms with van der Waals surface area (Å²) in [6.45, 7) is 4.85. The van der Waals surface area contributed by atoms with Gasteiger partial charge in [0.25, 0.3) is 0 Å². The van der Waals surface area contributed by atoms with Crippen molar-refractivity contribution in [1.29, 1.82) is 5.26 Å². The Kier molecular flexibility index (Phi) is 4.08. The molecule has 1 saturated heterocycles. The molecule has 0 aromatic heterocycles. The lowest BCUT2D eigenvalue weighted by molar-refractivity contribution is -0.135. The van der Waals surface area contributed by atoms with E-state index in [9.17, 15) is 0 Å². The maximum Gasteiger partial charge on any atom is 0.126 e. The lowest BCUT2D eigenvalue weighted by Crippen LogP contribution is -2.53. The quantitative estimate of drug-likeness (QED) is 0.748. The van der Waals surface area contributed by atoms with Crippen molar-refractivity contribution in [2.75, 3.05) is 19.6 Å². The Labute approximate surface area is 130 Å². The number of hydrogen-bond donors (Lipinski definition) is 0. The predicted octanol–water partition coefficient (Wildman–Crippen LogP) is 3.00. The van der Waals surface area contributed by atoms with E-state index in [2.05, 4.69) is 17.9 Å². The van der Waals surface area contributed by atoms with Crippen LogP contribution in [-0.2, 0) is 11.3 Å².